The lowest BCUT2D eigenvalue weighted by molar-refractivity contribution is -0.119. The van der Waals surface area contributed by atoms with Crippen LogP contribution < -0.4 is 5.32 Å². The van der Waals surface area contributed by atoms with Gasteiger partial charge in [0.15, 0.2) is 0 Å². The summed E-state index contributed by atoms with van der Waals surface area (Å²) in [4.78, 5) is 26.5. The fraction of sp³-hybridized carbons (Fsp3) is 0.526. The smallest absolute Gasteiger partial charge is 0.341 e. The highest BCUT2D eigenvalue weighted by Crippen LogP contribution is 2.38. The summed E-state index contributed by atoms with van der Waals surface area (Å²) in [6, 6.07) is 0. The highest BCUT2D eigenvalue weighted by atomic mass is 79.9. The Morgan fingerprint density at radius 1 is 1.41 bits per heavy atom. The lowest BCUT2D eigenvalue weighted by Crippen LogP contribution is -2.25. The molecule has 3 rings (SSSR count). The molecule has 0 spiro atoms. The van der Waals surface area contributed by atoms with Gasteiger partial charge >= 0.3 is 5.97 Å². The number of nitrogens with zero attached hydrogens (tertiary/aromatic N) is 2. The first-order valence-corrected chi connectivity index (χ1v) is 10.9. The number of nitrogens with one attached hydrogen (secondary N) is 1. The van der Waals surface area contributed by atoms with Gasteiger partial charge in [0.05, 0.1) is 35.3 Å². The van der Waals surface area contributed by atoms with Crippen LogP contribution in [0.1, 0.15) is 53.9 Å². The summed E-state index contributed by atoms with van der Waals surface area (Å²) in [6.07, 6.45) is 8.32. The number of rotatable bonds is 7. The molecule has 1 aliphatic carbocycles. The fourth-order valence-electron chi connectivity index (χ4n) is 3.17. The van der Waals surface area contributed by atoms with Crippen LogP contribution in [0, 0.1) is 5.92 Å². The van der Waals surface area contributed by atoms with Gasteiger partial charge in [-0.3, -0.25) is 9.48 Å². The number of aromatic nitrogens is 2. The molecule has 0 saturated heterocycles. The molecule has 2 heterocycles. The first-order valence-electron chi connectivity index (χ1n) is 9.30. The molecule has 0 aliphatic heterocycles. The van der Waals surface area contributed by atoms with Gasteiger partial charge < -0.3 is 10.1 Å². The molecule has 1 atom stereocenters. The monoisotopic (exact) mass is 453 g/mol. The third-order valence-corrected chi connectivity index (χ3v) is 6.18. The molecule has 146 valence electrons. The summed E-state index contributed by atoms with van der Waals surface area (Å²) >= 11 is 4.87. The van der Waals surface area contributed by atoms with E-state index in [1.54, 1.807) is 10.9 Å². The molecule has 1 amide bonds. The molecule has 2 aromatic heterocycles. The van der Waals surface area contributed by atoms with E-state index in [2.05, 4.69) is 26.3 Å². The van der Waals surface area contributed by atoms with Gasteiger partial charge in [-0.2, -0.15) is 5.10 Å². The molecule has 8 heteroatoms. The van der Waals surface area contributed by atoms with Crippen molar-refractivity contribution in [3.05, 3.63) is 32.9 Å². The third-order valence-electron chi connectivity index (χ3n) is 4.56. The van der Waals surface area contributed by atoms with E-state index in [0.29, 0.717) is 23.7 Å². The number of anilines is 1. The van der Waals surface area contributed by atoms with Crippen LogP contribution >= 0.6 is 27.3 Å². The minimum atomic E-state index is -0.324. The van der Waals surface area contributed by atoms with Crippen molar-refractivity contribution >= 4 is 44.1 Å². The number of amides is 1. The van der Waals surface area contributed by atoms with Crippen LogP contribution in [0.25, 0.3) is 0 Å². The Bertz CT molecular complexity index is 830. The van der Waals surface area contributed by atoms with E-state index in [-0.39, 0.29) is 17.8 Å². The highest BCUT2D eigenvalue weighted by molar-refractivity contribution is 9.10. The molecule has 1 unspecified atom stereocenters. The number of thiophene rings is 1. The Morgan fingerprint density at radius 3 is 2.89 bits per heavy atom. The SMILES string of the molecule is CCCOC(=O)c1c(NC(=O)C(C)Cn2cc(Br)cn2)sc2c1CCCC2. The van der Waals surface area contributed by atoms with E-state index < -0.39 is 0 Å². The van der Waals surface area contributed by atoms with Gasteiger partial charge in [0.25, 0.3) is 0 Å². The summed E-state index contributed by atoms with van der Waals surface area (Å²) in [6.45, 7) is 4.68. The van der Waals surface area contributed by atoms with Gasteiger partial charge in [-0.15, -0.1) is 11.3 Å². The summed E-state index contributed by atoms with van der Waals surface area (Å²) in [5, 5.41) is 7.80. The lowest BCUT2D eigenvalue weighted by Gasteiger charge is -2.14. The maximum Gasteiger partial charge on any atom is 0.341 e. The van der Waals surface area contributed by atoms with Gasteiger partial charge in [0.2, 0.25) is 5.91 Å². The second-order valence-electron chi connectivity index (χ2n) is 6.82. The molecular weight excluding hydrogens is 430 g/mol. The minimum Gasteiger partial charge on any atom is -0.462 e. The van der Waals surface area contributed by atoms with Gasteiger partial charge in [-0.25, -0.2) is 4.79 Å². The van der Waals surface area contributed by atoms with E-state index in [0.717, 1.165) is 42.1 Å². The van der Waals surface area contributed by atoms with Gasteiger partial charge in [0, 0.05) is 11.1 Å². The van der Waals surface area contributed by atoms with E-state index in [1.165, 1.54) is 16.2 Å². The predicted octanol–water partition coefficient (Wildman–Crippen LogP) is 4.43. The Balaban J connectivity index is 1.77. The number of fused-ring (bicyclic) bond motifs is 1. The predicted molar refractivity (Wildman–Crippen MR) is 109 cm³/mol. The molecule has 27 heavy (non-hydrogen) atoms. The van der Waals surface area contributed by atoms with E-state index in [9.17, 15) is 9.59 Å². The molecule has 1 N–H and O–H groups in total. The Kier molecular flexibility index (Phi) is 6.70. The topological polar surface area (TPSA) is 73.2 Å². The maximum absolute atomic E-state index is 12.7. The molecule has 0 aromatic carbocycles. The molecule has 0 bridgehead atoms. The Morgan fingerprint density at radius 2 is 2.19 bits per heavy atom. The van der Waals surface area contributed by atoms with Gasteiger partial charge in [0.1, 0.15) is 5.00 Å². The molecule has 0 radical (unpaired) electrons. The minimum absolute atomic E-state index is 0.121. The van der Waals surface area contributed by atoms with Crippen LogP contribution in [0.4, 0.5) is 5.00 Å². The first-order chi connectivity index (χ1) is 13.0. The van der Waals surface area contributed by atoms with Gasteiger partial charge in [-0.1, -0.05) is 13.8 Å². The van der Waals surface area contributed by atoms with Crippen molar-refractivity contribution in [2.24, 2.45) is 5.92 Å². The van der Waals surface area contributed by atoms with Crippen LogP contribution in [0.15, 0.2) is 16.9 Å². The zero-order valence-corrected chi connectivity index (χ0v) is 18.0. The van der Waals surface area contributed by atoms with E-state index in [4.69, 9.17) is 4.74 Å². The van der Waals surface area contributed by atoms with E-state index >= 15 is 0 Å². The van der Waals surface area contributed by atoms with Crippen LogP contribution in [0.5, 0.6) is 0 Å². The van der Waals surface area contributed by atoms with Crippen molar-refractivity contribution in [3.63, 3.8) is 0 Å². The largest absolute Gasteiger partial charge is 0.462 e. The second kappa shape index (κ2) is 9.01. The Hall–Kier alpha value is -1.67. The summed E-state index contributed by atoms with van der Waals surface area (Å²) in [5.41, 5.74) is 1.62. The van der Waals surface area contributed by atoms with Crippen molar-refractivity contribution < 1.29 is 14.3 Å². The fourth-order valence-corrected chi connectivity index (χ4v) is 4.78. The van der Waals surface area contributed by atoms with Crippen molar-refractivity contribution in [2.75, 3.05) is 11.9 Å². The number of hydrogen-bond donors (Lipinski definition) is 1. The van der Waals surface area contributed by atoms with Crippen LogP contribution in [0.2, 0.25) is 0 Å². The van der Waals surface area contributed by atoms with Crippen LogP contribution in [-0.4, -0.2) is 28.3 Å². The molecular formula is C19H24BrN3O3S. The van der Waals surface area contributed by atoms with Gasteiger partial charge in [-0.05, 0) is 53.6 Å². The average molecular weight is 454 g/mol. The maximum atomic E-state index is 12.7. The number of aryl methyl sites for hydroxylation is 1. The first kappa shape index (κ1) is 20.1. The van der Waals surface area contributed by atoms with Crippen LogP contribution in [-0.2, 0) is 28.9 Å². The normalized spacial score (nSPS) is 14.5. The second-order valence-corrected chi connectivity index (χ2v) is 8.84. The Labute approximate surface area is 171 Å². The molecule has 0 fully saturated rings. The molecule has 2 aromatic rings. The van der Waals surface area contributed by atoms with Crippen molar-refractivity contribution in [1.82, 2.24) is 9.78 Å². The zero-order chi connectivity index (χ0) is 19.4. The van der Waals surface area contributed by atoms with Crippen molar-refractivity contribution in [3.8, 4) is 0 Å². The zero-order valence-electron chi connectivity index (χ0n) is 15.6. The number of carbonyl (C=O) groups excluding carboxylic acids is 2. The number of halogens is 1. The molecule has 0 saturated carbocycles. The third kappa shape index (κ3) is 4.79. The number of ether oxygens (including phenoxy) is 1. The number of carbonyl (C=O) groups is 2. The summed E-state index contributed by atoms with van der Waals surface area (Å²) in [7, 11) is 0. The van der Waals surface area contributed by atoms with Crippen molar-refractivity contribution in [1.29, 1.82) is 0 Å². The quantitative estimate of drug-likeness (QED) is 0.629. The molecule has 6 nitrogen and oxygen atoms in total. The number of hydrogen-bond acceptors (Lipinski definition) is 5. The average Bonchev–Trinajstić information content (AvgIpc) is 3.22. The molecule has 1 aliphatic rings. The van der Waals surface area contributed by atoms with Crippen LogP contribution in [0.3, 0.4) is 0 Å². The number of esters is 1. The van der Waals surface area contributed by atoms with Crippen molar-refractivity contribution in [2.45, 2.75) is 52.5 Å². The standard InChI is InChI=1S/C19H24BrN3O3S/c1-3-8-26-19(25)16-14-6-4-5-7-15(14)27-18(16)22-17(24)12(2)10-23-11-13(20)9-21-23/h9,11-12H,3-8,10H2,1-2H3,(H,22,24). The lowest BCUT2D eigenvalue weighted by atomic mass is 9.95. The van der Waals surface area contributed by atoms with E-state index in [1.807, 2.05) is 20.0 Å². The summed E-state index contributed by atoms with van der Waals surface area (Å²) in [5.74, 6) is -0.726. The summed E-state index contributed by atoms with van der Waals surface area (Å²) < 4.78 is 7.98. The highest BCUT2D eigenvalue weighted by Gasteiger charge is 2.28.